The van der Waals surface area contributed by atoms with Gasteiger partial charge in [0.1, 0.15) is 0 Å². The molecule has 1 saturated heterocycles. The molecule has 1 aliphatic rings. The number of anilines is 1. The van der Waals surface area contributed by atoms with Crippen molar-refractivity contribution in [3.63, 3.8) is 0 Å². The van der Waals surface area contributed by atoms with Crippen molar-refractivity contribution in [1.29, 1.82) is 0 Å². The Morgan fingerprint density at radius 2 is 2.17 bits per heavy atom. The van der Waals surface area contributed by atoms with Gasteiger partial charge in [-0.1, -0.05) is 13.8 Å². The molecule has 0 bridgehead atoms. The third-order valence-corrected chi connectivity index (χ3v) is 4.83. The summed E-state index contributed by atoms with van der Waals surface area (Å²) in [7, 11) is 0. The van der Waals surface area contributed by atoms with Gasteiger partial charge in [0.15, 0.2) is 11.7 Å². The van der Waals surface area contributed by atoms with Crippen LogP contribution in [0.3, 0.4) is 0 Å². The Labute approximate surface area is 145 Å². The van der Waals surface area contributed by atoms with Crippen LogP contribution in [0.25, 0.3) is 0 Å². The molecule has 1 N–H and O–H groups in total. The maximum atomic E-state index is 11.8. The molecule has 2 heterocycles. The lowest BCUT2D eigenvalue weighted by Gasteiger charge is -2.17. The second-order valence-corrected chi connectivity index (χ2v) is 7.04. The third-order valence-electron chi connectivity index (χ3n) is 3.92. The topological polar surface area (TPSA) is 88.6 Å². The molecular weight excluding hydrogens is 330 g/mol. The Bertz CT molecular complexity index is 614. The summed E-state index contributed by atoms with van der Waals surface area (Å²) in [6.45, 7) is 6.28. The molecular formula is C16H23N3O4S. The Hall–Kier alpha value is -1.96. The van der Waals surface area contributed by atoms with Gasteiger partial charge < -0.3 is 10.1 Å². The fourth-order valence-corrected chi connectivity index (χ4v) is 3.03. The smallest absolute Gasteiger partial charge is 0.312 e. The summed E-state index contributed by atoms with van der Waals surface area (Å²) in [6, 6.07) is 0.0234. The van der Waals surface area contributed by atoms with E-state index in [1.807, 2.05) is 20.8 Å². The molecule has 1 aliphatic heterocycles. The number of amides is 2. The van der Waals surface area contributed by atoms with Crippen molar-refractivity contribution in [2.24, 2.45) is 5.92 Å². The number of thiazole rings is 1. The average molecular weight is 353 g/mol. The van der Waals surface area contributed by atoms with E-state index in [0.29, 0.717) is 29.7 Å². The molecule has 1 fully saturated rings. The Balaban J connectivity index is 1.77. The third kappa shape index (κ3) is 5.02. The fourth-order valence-electron chi connectivity index (χ4n) is 2.16. The zero-order chi connectivity index (χ0) is 17.7. The van der Waals surface area contributed by atoms with Crippen LogP contribution in [-0.4, -0.2) is 42.0 Å². The van der Waals surface area contributed by atoms with Crippen molar-refractivity contribution < 1.29 is 19.1 Å². The summed E-state index contributed by atoms with van der Waals surface area (Å²) < 4.78 is 4.98. The van der Waals surface area contributed by atoms with Gasteiger partial charge in [-0.15, -0.1) is 11.3 Å². The average Bonchev–Trinajstić information content (AvgIpc) is 3.13. The van der Waals surface area contributed by atoms with Crippen molar-refractivity contribution in [2.75, 3.05) is 18.1 Å². The molecule has 1 atom stereocenters. The number of carbonyl (C=O) groups is 3. The SMILES string of the molecule is CC(C)C(C)NC(=O)COC(=O)Cc1csc(N2CCCC2=O)n1. The number of nitrogens with zero attached hydrogens (tertiary/aromatic N) is 2. The van der Waals surface area contributed by atoms with Crippen molar-refractivity contribution in [2.45, 2.75) is 46.1 Å². The summed E-state index contributed by atoms with van der Waals surface area (Å²) >= 11 is 1.34. The largest absolute Gasteiger partial charge is 0.455 e. The van der Waals surface area contributed by atoms with Gasteiger partial charge in [0.2, 0.25) is 5.91 Å². The minimum atomic E-state index is -0.507. The molecule has 0 spiro atoms. The second kappa shape index (κ2) is 8.23. The van der Waals surface area contributed by atoms with Crippen LogP contribution in [0, 0.1) is 5.92 Å². The predicted octanol–water partition coefficient (Wildman–Crippen LogP) is 1.52. The summed E-state index contributed by atoms with van der Waals surface area (Å²) in [5.74, 6) is -0.445. The van der Waals surface area contributed by atoms with Crippen LogP contribution in [-0.2, 0) is 25.5 Å². The van der Waals surface area contributed by atoms with Crippen LogP contribution in [0.5, 0.6) is 0 Å². The highest BCUT2D eigenvalue weighted by molar-refractivity contribution is 7.14. The fraction of sp³-hybridized carbons (Fsp3) is 0.625. The van der Waals surface area contributed by atoms with Crippen LogP contribution in [0.4, 0.5) is 5.13 Å². The van der Waals surface area contributed by atoms with Crippen molar-refractivity contribution in [3.8, 4) is 0 Å². The monoisotopic (exact) mass is 353 g/mol. The van der Waals surface area contributed by atoms with Crippen LogP contribution < -0.4 is 10.2 Å². The van der Waals surface area contributed by atoms with Gasteiger partial charge in [0.25, 0.3) is 5.91 Å². The Morgan fingerprint density at radius 1 is 1.42 bits per heavy atom. The van der Waals surface area contributed by atoms with Crippen LogP contribution in [0.2, 0.25) is 0 Å². The highest BCUT2D eigenvalue weighted by Gasteiger charge is 2.24. The zero-order valence-corrected chi connectivity index (χ0v) is 15.0. The first kappa shape index (κ1) is 18.4. The highest BCUT2D eigenvalue weighted by atomic mass is 32.1. The van der Waals surface area contributed by atoms with Gasteiger partial charge in [-0.25, -0.2) is 4.98 Å². The van der Waals surface area contributed by atoms with Gasteiger partial charge >= 0.3 is 5.97 Å². The predicted molar refractivity (Wildman–Crippen MR) is 90.8 cm³/mol. The molecule has 0 aromatic carbocycles. The lowest BCUT2D eigenvalue weighted by molar-refractivity contribution is -0.148. The van der Waals surface area contributed by atoms with E-state index in [1.165, 1.54) is 11.3 Å². The zero-order valence-electron chi connectivity index (χ0n) is 14.2. The normalized spacial score (nSPS) is 15.7. The number of aromatic nitrogens is 1. The quantitative estimate of drug-likeness (QED) is 0.751. The summed E-state index contributed by atoms with van der Waals surface area (Å²) in [4.78, 5) is 41.1. The molecule has 1 unspecified atom stereocenters. The number of esters is 1. The van der Waals surface area contributed by atoms with Crippen LogP contribution in [0.1, 0.15) is 39.3 Å². The first-order chi connectivity index (χ1) is 11.4. The molecule has 1 aromatic heterocycles. The molecule has 8 heteroatoms. The molecule has 2 amide bonds. The Morgan fingerprint density at radius 3 is 2.79 bits per heavy atom. The molecule has 24 heavy (non-hydrogen) atoms. The van der Waals surface area contributed by atoms with Gasteiger partial charge in [0, 0.05) is 24.4 Å². The summed E-state index contributed by atoms with van der Waals surface area (Å²) in [5, 5.41) is 5.12. The van der Waals surface area contributed by atoms with E-state index in [-0.39, 0.29) is 30.9 Å². The molecule has 0 radical (unpaired) electrons. The maximum absolute atomic E-state index is 11.8. The number of ether oxygens (including phenoxy) is 1. The van der Waals surface area contributed by atoms with E-state index in [0.717, 1.165) is 6.42 Å². The minimum absolute atomic E-state index is 0.00839. The van der Waals surface area contributed by atoms with Gasteiger partial charge in [-0.3, -0.25) is 19.3 Å². The van der Waals surface area contributed by atoms with E-state index in [9.17, 15) is 14.4 Å². The van der Waals surface area contributed by atoms with Gasteiger partial charge in [-0.05, 0) is 19.3 Å². The minimum Gasteiger partial charge on any atom is -0.455 e. The van der Waals surface area contributed by atoms with Gasteiger partial charge in [0.05, 0.1) is 12.1 Å². The van der Waals surface area contributed by atoms with E-state index >= 15 is 0 Å². The molecule has 132 valence electrons. The molecule has 0 aliphatic carbocycles. The van der Waals surface area contributed by atoms with E-state index in [1.54, 1.807) is 10.3 Å². The number of carbonyl (C=O) groups excluding carboxylic acids is 3. The highest BCUT2D eigenvalue weighted by Crippen LogP contribution is 2.25. The lowest BCUT2D eigenvalue weighted by Crippen LogP contribution is -2.38. The first-order valence-corrected chi connectivity index (χ1v) is 8.94. The van der Waals surface area contributed by atoms with Crippen LogP contribution >= 0.6 is 11.3 Å². The van der Waals surface area contributed by atoms with E-state index < -0.39 is 5.97 Å². The van der Waals surface area contributed by atoms with E-state index in [4.69, 9.17) is 4.74 Å². The number of hydrogen-bond donors (Lipinski definition) is 1. The van der Waals surface area contributed by atoms with Crippen molar-refractivity contribution in [3.05, 3.63) is 11.1 Å². The molecule has 2 rings (SSSR count). The summed E-state index contributed by atoms with van der Waals surface area (Å²) in [6.07, 6.45) is 1.37. The van der Waals surface area contributed by atoms with Crippen LogP contribution in [0.15, 0.2) is 5.38 Å². The standard InChI is InChI=1S/C16H23N3O4S/c1-10(2)11(3)17-13(20)8-23-15(22)7-12-9-24-16(18-12)19-6-4-5-14(19)21/h9-11H,4-8H2,1-3H3,(H,17,20). The lowest BCUT2D eigenvalue weighted by atomic mass is 10.1. The van der Waals surface area contributed by atoms with E-state index in [2.05, 4.69) is 10.3 Å². The number of nitrogens with one attached hydrogen (secondary N) is 1. The molecule has 1 aromatic rings. The number of rotatable bonds is 7. The first-order valence-electron chi connectivity index (χ1n) is 8.06. The molecule has 7 nitrogen and oxygen atoms in total. The Kier molecular flexibility index (Phi) is 6.30. The molecule has 0 saturated carbocycles. The second-order valence-electron chi connectivity index (χ2n) is 6.21. The van der Waals surface area contributed by atoms with Crippen molar-refractivity contribution in [1.82, 2.24) is 10.3 Å². The van der Waals surface area contributed by atoms with Gasteiger partial charge in [-0.2, -0.15) is 0 Å². The van der Waals surface area contributed by atoms with Crippen molar-refractivity contribution >= 4 is 34.3 Å². The maximum Gasteiger partial charge on any atom is 0.312 e. The number of hydrogen-bond acceptors (Lipinski definition) is 6. The summed E-state index contributed by atoms with van der Waals surface area (Å²) in [5.41, 5.74) is 0.552.